The summed E-state index contributed by atoms with van der Waals surface area (Å²) in [7, 11) is 0. The molecule has 0 bridgehead atoms. The summed E-state index contributed by atoms with van der Waals surface area (Å²) in [5.74, 6) is 0.391. The highest BCUT2D eigenvalue weighted by Gasteiger charge is 2.23. The van der Waals surface area contributed by atoms with Crippen molar-refractivity contribution in [2.45, 2.75) is 38.1 Å². The molecule has 0 radical (unpaired) electrons. The molecule has 3 rings (SSSR count). The maximum Gasteiger partial charge on any atom is 0.251 e. The van der Waals surface area contributed by atoms with Crippen molar-refractivity contribution in [3.05, 3.63) is 29.8 Å². The number of nitrogens with one attached hydrogen (secondary N) is 2. The van der Waals surface area contributed by atoms with Crippen LogP contribution in [0.3, 0.4) is 0 Å². The van der Waals surface area contributed by atoms with Gasteiger partial charge in [-0.05, 0) is 50.3 Å². The maximum atomic E-state index is 12.1. The van der Waals surface area contributed by atoms with Crippen molar-refractivity contribution in [3.63, 3.8) is 0 Å². The van der Waals surface area contributed by atoms with Gasteiger partial charge >= 0.3 is 0 Å². The molecule has 1 aromatic carbocycles. The Bertz CT molecular complexity index is 670. The van der Waals surface area contributed by atoms with E-state index in [0.717, 1.165) is 38.8 Å². The molecule has 1 aliphatic carbocycles. The van der Waals surface area contributed by atoms with Crippen molar-refractivity contribution in [1.29, 1.82) is 0 Å². The molecule has 1 aromatic rings. The van der Waals surface area contributed by atoms with E-state index in [4.69, 9.17) is 0 Å². The van der Waals surface area contributed by atoms with E-state index < -0.39 is 0 Å². The zero-order valence-electron chi connectivity index (χ0n) is 14.8. The molecule has 6 nitrogen and oxygen atoms in total. The lowest BCUT2D eigenvalue weighted by Gasteiger charge is -2.26. The lowest BCUT2D eigenvalue weighted by Crippen LogP contribution is -2.37. The highest BCUT2D eigenvalue weighted by molar-refractivity contribution is 8.00. The number of carbonyl (C=O) groups excluding carboxylic acids is 3. The summed E-state index contributed by atoms with van der Waals surface area (Å²) in [5.41, 5.74) is 1.14. The second-order valence-corrected chi connectivity index (χ2v) is 7.80. The summed E-state index contributed by atoms with van der Waals surface area (Å²) >= 11 is 1.33. The molecule has 1 saturated carbocycles. The van der Waals surface area contributed by atoms with E-state index in [1.165, 1.54) is 18.2 Å². The van der Waals surface area contributed by atoms with E-state index in [-0.39, 0.29) is 23.5 Å². The number of anilines is 1. The molecule has 140 valence electrons. The number of hydrogen-bond acceptors (Lipinski definition) is 4. The monoisotopic (exact) mass is 375 g/mol. The highest BCUT2D eigenvalue weighted by atomic mass is 32.2. The first-order valence-corrected chi connectivity index (χ1v) is 10.3. The topological polar surface area (TPSA) is 78.5 Å². The zero-order valence-corrected chi connectivity index (χ0v) is 15.6. The van der Waals surface area contributed by atoms with Gasteiger partial charge in [-0.1, -0.05) is 6.07 Å². The van der Waals surface area contributed by atoms with Crippen LogP contribution >= 0.6 is 11.8 Å². The number of nitrogens with zero attached hydrogens (tertiary/aromatic N) is 1. The molecule has 0 aromatic heterocycles. The van der Waals surface area contributed by atoms with E-state index in [9.17, 15) is 14.4 Å². The minimum Gasteiger partial charge on any atom is -0.349 e. The van der Waals surface area contributed by atoms with Gasteiger partial charge in [0.15, 0.2) is 0 Å². The molecule has 7 heteroatoms. The summed E-state index contributed by atoms with van der Waals surface area (Å²) in [6, 6.07) is 7.23. The SMILES string of the molecule is O=C(CSCC(=O)N1CCCCC1)Nc1cccc(C(=O)NC2CC2)c1. The second-order valence-electron chi connectivity index (χ2n) is 6.81. The van der Waals surface area contributed by atoms with Gasteiger partial charge in [-0.2, -0.15) is 0 Å². The Morgan fingerprint density at radius 3 is 2.58 bits per heavy atom. The van der Waals surface area contributed by atoms with Crippen molar-refractivity contribution < 1.29 is 14.4 Å². The minimum absolute atomic E-state index is 0.106. The van der Waals surface area contributed by atoms with Gasteiger partial charge in [0, 0.05) is 30.4 Å². The molecule has 3 amide bonds. The molecule has 0 unspecified atom stereocenters. The summed E-state index contributed by atoms with van der Waals surface area (Å²) < 4.78 is 0. The molecule has 0 spiro atoms. The average molecular weight is 375 g/mol. The van der Waals surface area contributed by atoms with Crippen LogP contribution in [0.1, 0.15) is 42.5 Å². The summed E-state index contributed by atoms with van der Waals surface area (Å²) in [5, 5.41) is 5.73. The molecule has 2 N–H and O–H groups in total. The third kappa shape index (κ3) is 5.76. The second kappa shape index (κ2) is 9.07. The van der Waals surface area contributed by atoms with Crippen molar-refractivity contribution in [3.8, 4) is 0 Å². The Morgan fingerprint density at radius 1 is 1.08 bits per heavy atom. The fourth-order valence-electron chi connectivity index (χ4n) is 2.90. The molecule has 26 heavy (non-hydrogen) atoms. The van der Waals surface area contributed by atoms with Crippen molar-refractivity contribution in [2.75, 3.05) is 29.9 Å². The van der Waals surface area contributed by atoms with Crippen LogP contribution in [0.15, 0.2) is 24.3 Å². The third-order valence-corrected chi connectivity index (χ3v) is 5.41. The van der Waals surface area contributed by atoms with Crippen molar-refractivity contribution in [1.82, 2.24) is 10.2 Å². The molecule has 2 aliphatic rings. The maximum absolute atomic E-state index is 12.1. The van der Waals surface area contributed by atoms with Crippen LogP contribution in [0.5, 0.6) is 0 Å². The van der Waals surface area contributed by atoms with Crippen LogP contribution in [0.25, 0.3) is 0 Å². The Morgan fingerprint density at radius 2 is 1.85 bits per heavy atom. The van der Waals surface area contributed by atoms with E-state index in [1.807, 2.05) is 4.90 Å². The van der Waals surface area contributed by atoms with Crippen LogP contribution < -0.4 is 10.6 Å². The van der Waals surface area contributed by atoms with E-state index in [2.05, 4.69) is 10.6 Å². The zero-order chi connectivity index (χ0) is 18.4. The predicted molar refractivity (Wildman–Crippen MR) is 103 cm³/mol. The van der Waals surface area contributed by atoms with Gasteiger partial charge < -0.3 is 15.5 Å². The average Bonchev–Trinajstić information content (AvgIpc) is 3.46. The number of amides is 3. The largest absolute Gasteiger partial charge is 0.349 e. The smallest absolute Gasteiger partial charge is 0.251 e. The predicted octanol–water partition coefficient (Wildman–Crippen LogP) is 2.26. The van der Waals surface area contributed by atoms with Crippen LogP contribution in [0, 0.1) is 0 Å². The van der Waals surface area contributed by atoms with E-state index in [1.54, 1.807) is 24.3 Å². The molecule has 1 aliphatic heterocycles. The molecule has 0 atom stereocenters. The van der Waals surface area contributed by atoms with Crippen molar-refractivity contribution in [2.24, 2.45) is 0 Å². The lowest BCUT2D eigenvalue weighted by atomic mass is 10.1. The molecule has 2 fully saturated rings. The number of benzene rings is 1. The van der Waals surface area contributed by atoms with Crippen LogP contribution in [0.4, 0.5) is 5.69 Å². The van der Waals surface area contributed by atoms with E-state index in [0.29, 0.717) is 23.0 Å². The molecular weight excluding hydrogens is 350 g/mol. The number of rotatable bonds is 7. The van der Waals surface area contributed by atoms with Gasteiger partial charge in [0.05, 0.1) is 11.5 Å². The fraction of sp³-hybridized carbons (Fsp3) is 0.526. The van der Waals surface area contributed by atoms with Gasteiger partial charge in [-0.3, -0.25) is 14.4 Å². The summed E-state index contributed by atoms with van der Waals surface area (Å²) in [6.45, 7) is 1.67. The summed E-state index contributed by atoms with van der Waals surface area (Å²) in [4.78, 5) is 38.1. The Kier molecular flexibility index (Phi) is 6.55. The van der Waals surface area contributed by atoms with Crippen LogP contribution in [0.2, 0.25) is 0 Å². The highest BCUT2D eigenvalue weighted by Crippen LogP contribution is 2.20. The van der Waals surface area contributed by atoms with E-state index >= 15 is 0 Å². The van der Waals surface area contributed by atoms with Gasteiger partial charge in [0.2, 0.25) is 11.8 Å². The normalized spacial score (nSPS) is 16.8. The van der Waals surface area contributed by atoms with Crippen molar-refractivity contribution >= 4 is 35.2 Å². The lowest BCUT2D eigenvalue weighted by molar-refractivity contribution is -0.129. The van der Waals surface area contributed by atoms with Crippen LogP contribution in [-0.4, -0.2) is 53.3 Å². The molecule has 1 heterocycles. The number of piperidine rings is 1. The Balaban J connectivity index is 1.41. The minimum atomic E-state index is -0.166. The third-order valence-electron chi connectivity index (χ3n) is 4.49. The first-order valence-electron chi connectivity index (χ1n) is 9.18. The Labute approximate surface area is 158 Å². The summed E-state index contributed by atoms with van der Waals surface area (Å²) in [6.07, 6.45) is 5.41. The van der Waals surface area contributed by atoms with Gasteiger partial charge in [-0.25, -0.2) is 0 Å². The number of likely N-dealkylation sites (tertiary alicyclic amines) is 1. The van der Waals surface area contributed by atoms with Gasteiger partial charge in [-0.15, -0.1) is 11.8 Å². The first kappa shape index (κ1) is 18.8. The number of thioether (sulfide) groups is 1. The van der Waals surface area contributed by atoms with Gasteiger partial charge in [0.1, 0.15) is 0 Å². The standard InChI is InChI=1S/C19H25N3O3S/c23-17(12-26-13-18(24)22-9-2-1-3-10-22)20-16-6-4-5-14(11-16)19(25)21-15-7-8-15/h4-6,11,15H,1-3,7-10,12-13H2,(H,20,23)(H,21,25). The Hall–Kier alpha value is -2.02. The van der Waals surface area contributed by atoms with Gasteiger partial charge in [0.25, 0.3) is 5.91 Å². The fourth-order valence-corrected chi connectivity index (χ4v) is 3.61. The molecule has 1 saturated heterocycles. The molecular formula is C19H25N3O3S. The first-order chi connectivity index (χ1) is 12.6. The van der Waals surface area contributed by atoms with Crippen LogP contribution in [-0.2, 0) is 9.59 Å². The number of carbonyl (C=O) groups is 3. The quantitative estimate of drug-likeness (QED) is 0.766. The number of hydrogen-bond donors (Lipinski definition) is 2.